The maximum atomic E-state index is 12.1. The summed E-state index contributed by atoms with van der Waals surface area (Å²) in [5.41, 5.74) is -0.117. The first-order valence-electron chi connectivity index (χ1n) is 6.78. The normalized spacial score (nSPS) is 16.4. The fourth-order valence-electron chi connectivity index (χ4n) is 2.16. The third-order valence-electron chi connectivity index (χ3n) is 3.30. The number of hydrogen-bond donors (Lipinski definition) is 1. The van der Waals surface area contributed by atoms with Gasteiger partial charge in [0.2, 0.25) is 5.91 Å². The average Bonchev–Trinajstić information content (AvgIpc) is 2.34. The molecule has 1 aliphatic carbocycles. The number of hydrogen-bond acceptors (Lipinski definition) is 5. The largest absolute Gasteiger partial charge is 0.461 e. The van der Waals surface area contributed by atoms with Gasteiger partial charge < -0.3 is 10.1 Å². The quantitative estimate of drug-likeness (QED) is 0.812. The second-order valence-corrected chi connectivity index (χ2v) is 5.36. The van der Waals surface area contributed by atoms with Crippen LogP contribution in [0.5, 0.6) is 0 Å². The van der Waals surface area contributed by atoms with Crippen molar-refractivity contribution in [1.82, 2.24) is 15.3 Å². The summed E-state index contributed by atoms with van der Waals surface area (Å²) in [6, 6.07) is 0. The predicted molar refractivity (Wildman–Crippen MR) is 71.7 cm³/mol. The second-order valence-electron chi connectivity index (χ2n) is 5.36. The van der Waals surface area contributed by atoms with Gasteiger partial charge in [-0.3, -0.25) is 4.79 Å². The first-order valence-corrected chi connectivity index (χ1v) is 6.78. The predicted octanol–water partition coefficient (Wildman–Crippen LogP) is 1.01. The highest BCUT2D eigenvalue weighted by atomic mass is 16.5. The maximum absolute atomic E-state index is 12.1. The van der Waals surface area contributed by atoms with Crippen molar-refractivity contribution in [2.24, 2.45) is 0 Å². The Morgan fingerprint density at radius 1 is 1.35 bits per heavy atom. The summed E-state index contributed by atoms with van der Waals surface area (Å²) >= 11 is 0. The molecule has 6 heteroatoms. The molecule has 1 aromatic heterocycles. The molecule has 1 heterocycles. The molecule has 1 aliphatic rings. The van der Waals surface area contributed by atoms with Gasteiger partial charge in [-0.1, -0.05) is 0 Å². The third kappa shape index (κ3) is 3.31. The molecule has 6 nitrogen and oxygen atoms in total. The number of rotatable bonds is 5. The van der Waals surface area contributed by atoms with Crippen molar-refractivity contribution in [3.05, 3.63) is 24.3 Å². The van der Waals surface area contributed by atoms with E-state index >= 15 is 0 Å². The Hall–Kier alpha value is -1.98. The first-order chi connectivity index (χ1) is 9.52. The first kappa shape index (κ1) is 14.4. The number of carbonyl (C=O) groups excluding carboxylic acids is 2. The van der Waals surface area contributed by atoms with Gasteiger partial charge in [0.1, 0.15) is 11.9 Å². The minimum absolute atomic E-state index is 0.164. The third-order valence-corrected chi connectivity index (χ3v) is 3.30. The molecule has 0 aromatic carbocycles. The molecule has 0 aliphatic heterocycles. The van der Waals surface area contributed by atoms with E-state index in [0.29, 0.717) is 12.8 Å². The topological polar surface area (TPSA) is 81.2 Å². The van der Waals surface area contributed by atoms with E-state index in [0.717, 1.165) is 12.0 Å². The summed E-state index contributed by atoms with van der Waals surface area (Å²) in [4.78, 5) is 31.8. The van der Waals surface area contributed by atoms with Crippen molar-refractivity contribution < 1.29 is 14.3 Å². The van der Waals surface area contributed by atoms with Gasteiger partial charge in [-0.25, -0.2) is 14.8 Å². The highest BCUT2D eigenvalue weighted by Gasteiger charge is 2.47. The van der Waals surface area contributed by atoms with Crippen molar-refractivity contribution in [2.45, 2.75) is 51.2 Å². The highest BCUT2D eigenvalue weighted by Crippen LogP contribution is 2.33. The van der Waals surface area contributed by atoms with Crippen LogP contribution >= 0.6 is 0 Å². The smallest absolute Gasteiger partial charge is 0.332 e. The Labute approximate surface area is 118 Å². The molecule has 0 radical (unpaired) electrons. The Kier molecular flexibility index (Phi) is 4.32. The van der Waals surface area contributed by atoms with Crippen LogP contribution in [0.4, 0.5) is 0 Å². The lowest BCUT2D eigenvalue weighted by atomic mass is 9.76. The van der Waals surface area contributed by atoms with Crippen LogP contribution in [0, 0.1) is 0 Å². The zero-order valence-electron chi connectivity index (χ0n) is 11.8. The lowest BCUT2D eigenvalue weighted by Gasteiger charge is -2.40. The molecule has 20 heavy (non-hydrogen) atoms. The van der Waals surface area contributed by atoms with Crippen molar-refractivity contribution in [1.29, 1.82) is 0 Å². The Morgan fingerprint density at radius 3 is 2.50 bits per heavy atom. The molecule has 0 saturated heterocycles. The van der Waals surface area contributed by atoms with Gasteiger partial charge in [-0.15, -0.1) is 0 Å². The van der Waals surface area contributed by atoms with E-state index in [2.05, 4.69) is 15.3 Å². The molecule has 0 atom stereocenters. The van der Waals surface area contributed by atoms with Crippen molar-refractivity contribution in [2.75, 3.05) is 0 Å². The molecule has 0 spiro atoms. The highest BCUT2D eigenvalue weighted by molar-refractivity contribution is 5.89. The van der Waals surface area contributed by atoms with E-state index in [-0.39, 0.29) is 24.4 Å². The lowest BCUT2D eigenvalue weighted by Crippen LogP contribution is -2.60. The van der Waals surface area contributed by atoms with E-state index in [4.69, 9.17) is 4.74 Å². The van der Waals surface area contributed by atoms with Crippen LogP contribution < -0.4 is 5.32 Å². The minimum Gasteiger partial charge on any atom is -0.461 e. The van der Waals surface area contributed by atoms with Crippen LogP contribution in [-0.2, 0) is 20.7 Å². The maximum Gasteiger partial charge on any atom is 0.332 e. The van der Waals surface area contributed by atoms with Gasteiger partial charge in [-0.2, -0.15) is 0 Å². The number of carbonyl (C=O) groups is 2. The molecule has 1 amide bonds. The van der Waals surface area contributed by atoms with E-state index in [9.17, 15) is 9.59 Å². The molecule has 1 saturated carbocycles. The monoisotopic (exact) mass is 277 g/mol. The van der Waals surface area contributed by atoms with E-state index in [1.807, 2.05) is 0 Å². The number of nitrogens with one attached hydrogen (secondary N) is 1. The average molecular weight is 277 g/mol. The number of ether oxygens (including phenoxy) is 1. The summed E-state index contributed by atoms with van der Waals surface area (Å²) in [7, 11) is 0. The van der Waals surface area contributed by atoms with Crippen LogP contribution in [0.15, 0.2) is 18.7 Å². The molecular weight excluding hydrogens is 258 g/mol. The van der Waals surface area contributed by atoms with E-state index in [1.54, 1.807) is 26.2 Å². The Morgan fingerprint density at radius 2 is 2.00 bits per heavy atom. The summed E-state index contributed by atoms with van der Waals surface area (Å²) < 4.78 is 5.23. The van der Waals surface area contributed by atoms with Crippen LogP contribution in [-0.4, -0.2) is 33.5 Å². The summed E-state index contributed by atoms with van der Waals surface area (Å²) in [5.74, 6) is -0.545. The van der Waals surface area contributed by atoms with Gasteiger partial charge in [0.15, 0.2) is 0 Å². The molecule has 0 bridgehead atoms. The van der Waals surface area contributed by atoms with Gasteiger partial charge >= 0.3 is 5.97 Å². The fraction of sp³-hybridized carbons (Fsp3) is 0.571. The lowest BCUT2D eigenvalue weighted by molar-refractivity contribution is -0.161. The number of aromatic nitrogens is 2. The van der Waals surface area contributed by atoms with Crippen LogP contribution in [0.2, 0.25) is 0 Å². The molecule has 108 valence electrons. The van der Waals surface area contributed by atoms with Gasteiger partial charge in [0.05, 0.1) is 12.5 Å². The number of esters is 1. The van der Waals surface area contributed by atoms with Gasteiger partial charge in [0, 0.05) is 12.4 Å². The standard InChI is InChI=1S/C14H19N3O3/c1-10(2)20-13(19)14(4-3-5-14)17-12(18)6-11-7-15-9-16-8-11/h7-10H,3-6H2,1-2H3,(H,17,18). The molecular formula is C14H19N3O3. The summed E-state index contributed by atoms with van der Waals surface area (Å²) in [5, 5.41) is 2.81. The molecule has 1 aromatic rings. The zero-order chi connectivity index (χ0) is 14.6. The number of nitrogens with zero attached hydrogens (tertiary/aromatic N) is 2. The van der Waals surface area contributed by atoms with Gasteiger partial charge in [0.25, 0.3) is 0 Å². The second kappa shape index (κ2) is 5.98. The van der Waals surface area contributed by atoms with E-state index < -0.39 is 5.54 Å². The minimum atomic E-state index is -0.836. The Bertz CT molecular complexity index is 484. The van der Waals surface area contributed by atoms with Crippen molar-refractivity contribution in [3.8, 4) is 0 Å². The molecule has 1 fully saturated rings. The Balaban J connectivity index is 1.96. The SMILES string of the molecule is CC(C)OC(=O)C1(NC(=O)Cc2cncnc2)CCC1. The van der Waals surface area contributed by atoms with Crippen molar-refractivity contribution in [3.63, 3.8) is 0 Å². The summed E-state index contributed by atoms with van der Waals surface area (Å²) in [6.45, 7) is 3.60. The zero-order valence-corrected chi connectivity index (χ0v) is 11.8. The molecule has 2 rings (SSSR count). The van der Waals surface area contributed by atoms with Crippen LogP contribution in [0.1, 0.15) is 38.7 Å². The van der Waals surface area contributed by atoms with E-state index in [1.165, 1.54) is 6.33 Å². The van der Waals surface area contributed by atoms with Gasteiger partial charge in [-0.05, 0) is 38.7 Å². The van der Waals surface area contributed by atoms with Crippen LogP contribution in [0.25, 0.3) is 0 Å². The molecule has 1 N–H and O–H groups in total. The van der Waals surface area contributed by atoms with Crippen LogP contribution in [0.3, 0.4) is 0 Å². The number of amides is 1. The molecule has 0 unspecified atom stereocenters. The summed E-state index contributed by atoms with van der Waals surface area (Å²) in [6.07, 6.45) is 6.76. The fourth-order valence-corrected chi connectivity index (χ4v) is 2.16. The van der Waals surface area contributed by atoms with Crippen molar-refractivity contribution >= 4 is 11.9 Å².